The molecule has 0 radical (unpaired) electrons. The number of hydrogen-bond donors (Lipinski definition) is 0. The van der Waals surface area contributed by atoms with Crippen molar-refractivity contribution in [3.05, 3.63) is 35.7 Å². The van der Waals surface area contributed by atoms with Crippen molar-refractivity contribution in [1.29, 1.82) is 0 Å². The average molecular weight is 370 g/mol. The highest BCUT2D eigenvalue weighted by atomic mass is 19.3. The van der Waals surface area contributed by atoms with E-state index in [-0.39, 0.29) is 18.8 Å². The van der Waals surface area contributed by atoms with Gasteiger partial charge in [-0.15, -0.1) is 0 Å². The molecule has 0 amide bonds. The summed E-state index contributed by atoms with van der Waals surface area (Å²) in [6.45, 7) is 11.9. The van der Waals surface area contributed by atoms with Gasteiger partial charge < -0.3 is 4.74 Å². The molecule has 2 nitrogen and oxygen atoms in total. The van der Waals surface area contributed by atoms with E-state index in [1.165, 1.54) is 0 Å². The third-order valence-corrected chi connectivity index (χ3v) is 4.11. The highest BCUT2D eigenvalue weighted by Gasteiger charge is 2.29. The SMILES string of the molecule is CCC/C=C(/C)Oc1ccc(C)cn1.CCCCC(F)(F)CC(C)CC. The Labute approximate surface area is 159 Å². The van der Waals surface area contributed by atoms with E-state index in [1.54, 1.807) is 0 Å². The Bertz CT molecular complexity index is 497. The first kappa shape index (κ1) is 24.6. The highest BCUT2D eigenvalue weighted by molar-refractivity contribution is 5.18. The molecular weight excluding hydrogens is 332 g/mol. The van der Waals surface area contributed by atoms with Crippen molar-refractivity contribution in [2.45, 2.75) is 92.4 Å². The molecule has 1 unspecified atom stereocenters. The van der Waals surface area contributed by atoms with E-state index in [2.05, 4.69) is 18.0 Å². The molecule has 0 saturated carbocycles. The maximum Gasteiger partial charge on any atom is 0.248 e. The van der Waals surface area contributed by atoms with Crippen LogP contribution in [0.1, 0.15) is 85.1 Å². The first-order valence-corrected chi connectivity index (χ1v) is 9.89. The number of nitrogens with zero attached hydrogens (tertiary/aromatic N) is 1. The van der Waals surface area contributed by atoms with Crippen LogP contribution < -0.4 is 4.74 Å². The smallest absolute Gasteiger partial charge is 0.248 e. The average Bonchev–Trinajstić information content (AvgIpc) is 2.60. The van der Waals surface area contributed by atoms with E-state index < -0.39 is 5.92 Å². The van der Waals surface area contributed by atoms with Gasteiger partial charge in [0, 0.05) is 25.1 Å². The van der Waals surface area contributed by atoms with Crippen LogP contribution in [-0.4, -0.2) is 10.9 Å². The topological polar surface area (TPSA) is 22.1 Å². The van der Waals surface area contributed by atoms with Crippen LogP contribution in [0.25, 0.3) is 0 Å². The van der Waals surface area contributed by atoms with Crippen LogP contribution in [0.4, 0.5) is 8.78 Å². The molecule has 26 heavy (non-hydrogen) atoms. The monoisotopic (exact) mass is 369 g/mol. The fraction of sp³-hybridized carbons (Fsp3) is 0.682. The lowest BCUT2D eigenvalue weighted by Crippen LogP contribution is -2.19. The van der Waals surface area contributed by atoms with Crippen molar-refractivity contribution in [1.82, 2.24) is 4.98 Å². The summed E-state index contributed by atoms with van der Waals surface area (Å²) in [7, 11) is 0. The second kappa shape index (κ2) is 13.7. The Morgan fingerprint density at radius 1 is 1.23 bits per heavy atom. The minimum absolute atomic E-state index is 0.0590. The summed E-state index contributed by atoms with van der Waals surface area (Å²) >= 11 is 0. The number of allylic oxidation sites excluding steroid dienone is 2. The van der Waals surface area contributed by atoms with Gasteiger partial charge in [0.2, 0.25) is 11.8 Å². The molecular formula is C22H37F2NO. The minimum atomic E-state index is -2.43. The van der Waals surface area contributed by atoms with Crippen molar-refractivity contribution < 1.29 is 13.5 Å². The molecule has 1 atom stereocenters. The number of pyridine rings is 1. The maximum atomic E-state index is 13.0. The summed E-state index contributed by atoms with van der Waals surface area (Å²) in [6, 6.07) is 3.88. The molecule has 0 bridgehead atoms. The van der Waals surface area contributed by atoms with Crippen LogP contribution in [0.5, 0.6) is 5.88 Å². The summed E-state index contributed by atoms with van der Waals surface area (Å²) in [5, 5.41) is 0. The van der Waals surface area contributed by atoms with E-state index in [9.17, 15) is 8.78 Å². The van der Waals surface area contributed by atoms with Crippen LogP contribution in [0, 0.1) is 12.8 Å². The van der Waals surface area contributed by atoms with E-state index in [0.717, 1.165) is 37.0 Å². The van der Waals surface area contributed by atoms with Gasteiger partial charge in [-0.05, 0) is 44.2 Å². The number of alkyl halides is 2. The highest BCUT2D eigenvalue weighted by Crippen LogP contribution is 2.29. The van der Waals surface area contributed by atoms with E-state index in [1.807, 2.05) is 52.9 Å². The Kier molecular flexibility index (Phi) is 12.9. The Morgan fingerprint density at radius 2 is 1.92 bits per heavy atom. The quantitative estimate of drug-likeness (QED) is 0.394. The lowest BCUT2D eigenvalue weighted by atomic mass is 9.97. The summed E-state index contributed by atoms with van der Waals surface area (Å²) in [5.41, 5.74) is 1.15. The predicted octanol–water partition coefficient (Wildman–Crippen LogP) is 7.72. The van der Waals surface area contributed by atoms with E-state index in [0.29, 0.717) is 12.3 Å². The number of aryl methyl sites for hydroxylation is 1. The van der Waals surface area contributed by atoms with Gasteiger partial charge in [0.1, 0.15) is 0 Å². The second-order valence-electron chi connectivity index (χ2n) is 7.06. The normalized spacial score (nSPS) is 13.0. The molecule has 0 aliphatic heterocycles. The molecule has 4 heteroatoms. The molecule has 150 valence electrons. The molecule has 0 aromatic carbocycles. The lowest BCUT2D eigenvalue weighted by molar-refractivity contribution is -0.0310. The zero-order chi connectivity index (χ0) is 20.0. The first-order valence-electron chi connectivity index (χ1n) is 9.89. The number of rotatable bonds is 10. The molecule has 1 aromatic heterocycles. The van der Waals surface area contributed by atoms with Gasteiger partial charge in [-0.2, -0.15) is 0 Å². The fourth-order valence-electron chi connectivity index (χ4n) is 2.26. The molecule has 0 fully saturated rings. The van der Waals surface area contributed by atoms with E-state index >= 15 is 0 Å². The van der Waals surface area contributed by atoms with Crippen molar-refractivity contribution in [3.8, 4) is 5.88 Å². The predicted molar refractivity (Wildman–Crippen MR) is 107 cm³/mol. The van der Waals surface area contributed by atoms with Crippen LogP contribution >= 0.6 is 0 Å². The number of aromatic nitrogens is 1. The molecule has 0 spiro atoms. The van der Waals surface area contributed by atoms with Crippen LogP contribution in [0.3, 0.4) is 0 Å². The summed E-state index contributed by atoms with van der Waals surface area (Å²) in [6.07, 6.45) is 8.56. The fourth-order valence-corrected chi connectivity index (χ4v) is 2.26. The third-order valence-electron chi connectivity index (χ3n) is 4.11. The second-order valence-corrected chi connectivity index (χ2v) is 7.06. The van der Waals surface area contributed by atoms with Gasteiger partial charge >= 0.3 is 0 Å². The van der Waals surface area contributed by atoms with Gasteiger partial charge in [0.05, 0.1) is 5.76 Å². The Balaban J connectivity index is 0.000000488. The molecule has 1 aromatic rings. The standard InChI is InChI=1S/C12H17NO.C10H20F2/c1-4-5-6-11(3)14-12-8-7-10(2)9-13-12;1-4-6-7-10(11,12)8-9(3)5-2/h6-9H,4-5H2,1-3H3;9H,4-8H2,1-3H3/b11-6-;. The van der Waals surface area contributed by atoms with Crippen molar-refractivity contribution in [2.75, 3.05) is 0 Å². The van der Waals surface area contributed by atoms with Crippen LogP contribution in [0.2, 0.25) is 0 Å². The molecule has 0 aliphatic rings. The summed E-state index contributed by atoms with van der Waals surface area (Å²) in [4.78, 5) is 4.16. The molecule has 1 rings (SSSR count). The zero-order valence-corrected chi connectivity index (χ0v) is 17.4. The van der Waals surface area contributed by atoms with Crippen molar-refractivity contribution in [2.24, 2.45) is 5.92 Å². The van der Waals surface area contributed by atoms with Gasteiger partial charge in [0.25, 0.3) is 0 Å². The number of unbranched alkanes of at least 4 members (excludes halogenated alkanes) is 2. The van der Waals surface area contributed by atoms with Gasteiger partial charge in [-0.25, -0.2) is 13.8 Å². The minimum Gasteiger partial charge on any atom is -0.444 e. The van der Waals surface area contributed by atoms with Gasteiger partial charge in [0.15, 0.2) is 0 Å². The molecule has 0 N–H and O–H groups in total. The van der Waals surface area contributed by atoms with E-state index in [4.69, 9.17) is 4.74 Å². The largest absolute Gasteiger partial charge is 0.444 e. The van der Waals surface area contributed by atoms with Crippen LogP contribution in [-0.2, 0) is 0 Å². The zero-order valence-electron chi connectivity index (χ0n) is 17.4. The number of ether oxygens (including phenoxy) is 1. The molecule has 1 heterocycles. The van der Waals surface area contributed by atoms with Gasteiger partial charge in [-0.1, -0.05) is 53.0 Å². The summed E-state index contributed by atoms with van der Waals surface area (Å²) < 4.78 is 31.6. The Hall–Kier alpha value is -1.45. The Morgan fingerprint density at radius 3 is 2.42 bits per heavy atom. The molecule has 0 aliphatic carbocycles. The molecule has 0 saturated heterocycles. The van der Waals surface area contributed by atoms with Gasteiger partial charge in [-0.3, -0.25) is 0 Å². The lowest BCUT2D eigenvalue weighted by Gasteiger charge is -2.19. The first-order chi connectivity index (χ1) is 12.2. The third kappa shape index (κ3) is 12.8. The number of halogens is 2. The summed E-state index contributed by atoms with van der Waals surface area (Å²) in [5.74, 6) is -0.689. The van der Waals surface area contributed by atoms with Crippen molar-refractivity contribution >= 4 is 0 Å². The van der Waals surface area contributed by atoms with Crippen molar-refractivity contribution in [3.63, 3.8) is 0 Å². The maximum absolute atomic E-state index is 13.0. The van der Waals surface area contributed by atoms with Crippen LogP contribution in [0.15, 0.2) is 30.2 Å². The number of hydrogen-bond acceptors (Lipinski definition) is 2.